The number of aromatic nitrogens is 1. The fraction of sp³-hybridized carbons (Fsp3) is 0.147. The first kappa shape index (κ1) is 26.9. The Morgan fingerprint density at radius 3 is 2.29 bits per heavy atom. The monoisotopic (exact) mass is 577 g/mol. The molecule has 1 aliphatic rings. The van der Waals surface area contributed by atoms with E-state index < -0.39 is 0 Å². The third-order valence-electron chi connectivity index (χ3n) is 7.10. The van der Waals surface area contributed by atoms with E-state index in [-0.39, 0.29) is 12.0 Å². The summed E-state index contributed by atoms with van der Waals surface area (Å²) in [5.74, 6) is 0.110. The molecule has 204 valence electrons. The van der Waals surface area contributed by atoms with Gasteiger partial charge in [0.1, 0.15) is 5.75 Å². The van der Waals surface area contributed by atoms with Crippen LogP contribution in [-0.2, 0) is 6.42 Å². The number of benzene rings is 4. The summed E-state index contributed by atoms with van der Waals surface area (Å²) in [6.07, 6.45) is 1.61. The molecule has 0 fully saturated rings. The van der Waals surface area contributed by atoms with Gasteiger partial charge in [0.05, 0.1) is 23.0 Å². The average Bonchev–Trinajstić information content (AvgIpc) is 3.64. The second-order valence-corrected chi connectivity index (χ2v) is 11.4. The Bertz CT molecular complexity index is 1700. The van der Waals surface area contributed by atoms with E-state index in [1.165, 1.54) is 10.4 Å². The Morgan fingerprint density at radius 1 is 0.927 bits per heavy atom. The van der Waals surface area contributed by atoms with Crippen molar-refractivity contribution in [2.75, 3.05) is 5.01 Å². The Kier molecular flexibility index (Phi) is 7.68. The van der Waals surface area contributed by atoms with Crippen LogP contribution in [0.5, 0.6) is 5.75 Å². The van der Waals surface area contributed by atoms with Gasteiger partial charge in [-0.3, -0.25) is 0 Å². The summed E-state index contributed by atoms with van der Waals surface area (Å²) in [5.41, 5.74) is 6.90. The summed E-state index contributed by atoms with van der Waals surface area (Å²) in [6, 6.07) is 33.0. The molecule has 2 heterocycles. The van der Waals surface area contributed by atoms with Gasteiger partial charge < -0.3 is 4.74 Å². The van der Waals surface area contributed by atoms with E-state index in [4.69, 9.17) is 26.4 Å². The van der Waals surface area contributed by atoms with Crippen molar-refractivity contribution in [3.8, 4) is 17.0 Å². The number of carbonyl (C=O) groups is 1. The Labute approximate surface area is 248 Å². The molecular weight excluding hydrogens is 550 g/mol. The first-order chi connectivity index (χ1) is 20.0. The van der Waals surface area contributed by atoms with Gasteiger partial charge in [-0.15, -0.1) is 0 Å². The zero-order valence-electron chi connectivity index (χ0n) is 22.8. The molecule has 4 aromatic carbocycles. The largest absolute Gasteiger partial charge is 0.423 e. The van der Waals surface area contributed by atoms with Gasteiger partial charge in [0.15, 0.2) is 0 Å². The fourth-order valence-electron chi connectivity index (χ4n) is 4.88. The molecule has 5 nitrogen and oxygen atoms in total. The van der Waals surface area contributed by atoms with E-state index in [0.717, 1.165) is 46.1 Å². The van der Waals surface area contributed by atoms with Crippen LogP contribution in [-0.4, -0.2) is 16.7 Å². The molecular formula is C34H28ClN3O2S. The molecule has 0 radical (unpaired) electrons. The highest BCUT2D eigenvalue weighted by Gasteiger charge is 2.32. The van der Waals surface area contributed by atoms with Crippen LogP contribution in [0.1, 0.15) is 51.3 Å². The Hall–Kier alpha value is -4.26. The van der Waals surface area contributed by atoms with E-state index in [0.29, 0.717) is 16.3 Å². The number of rotatable bonds is 7. The van der Waals surface area contributed by atoms with Gasteiger partial charge in [0.25, 0.3) is 0 Å². The third-order valence-corrected chi connectivity index (χ3v) is 8.54. The molecule has 0 spiro atoms. The predicted octanol–water partition coefficient (Wildman–Crippen LogP) is 8.91. The van der Waals surface area contributed by atoms with Crippen LogP contribution in [0.25, 0.3) is 11.3 Å². The van der Waals surface area contributed by atoms with E-state index in [9.17, 15) is 4.79 Å². The number of carbonyl (C=O) groups excluding carboxylic acids is 1. The maximum atomic E-state index is 12.5. The average molecular weight is 578 g/mol. The fourth-order valence-corrected chi connectivity index (χ4v) is 6.02. The first-order valence-electron chi connectivity index (χ1n) is 13.5. The molecule has 0 bridgehead atoms. The molecule has 0 aliphatic carbocycles. The van der Waals surface area contributed by atoms with Crippen molar-refractivity contribution in [2.45, 2.75) is 32.7 Å². The molecule has 1 aliphatic heterocycles. The van der Waals surface area contributed by atoms with E-state index in [2.05, 4.69) is 55.3 Å². The van der Waals surface area contributed by atoms with Crippen LogP contribution < -0.4 is 9.75 Å². The molecule has 0 amide bonds. The van der Waals surface area contributed by atoms with Crippen LogP contribution >= 0.6 is 22.9 Å². The van der Waals surface area contributed by atoms with E-state index in [1.807, 2.05) is 54.6 Å². The Morgan fingerprint density at radius 2 is 1.61 bits per heavy atom. The minimum Gasteiger partial charge on any atom is -0.423 e. The zero-order valence-corrected chi connectivity index (χ0v) is 24.3. The first-order valence-corrected chi connectivity index (χ1v) is 14.7. The maximum Gasteiger partial charge on any atom is 0.343 e. The highest BCUT2D eigenvalue weighted by Crippen LogP contribution is 2.42. The number of hydrogen-bond acceptors (Lipinski definition) is 6. The van der Waals surface area contributed by atoms with Crippen molar-refractivity contribution in [3.63, 3.8) is 0 Å². The SMILES string of the molecule is CCc1sc(N2N=C(c3ccc(C)cc3)CC2c2ccc(Cl)cc2)nc1-c1ccc(OC(=O)c2ccccc2)cc1. The molecule has 0 saturated heterocycles. The highest BCUT2D eigenvalue weighted by atomic mass is 35.5. The summed E-state index contributed by atoms with van der Waals surface area (Å²) in [6.45, 7) is 4.23. The van der Waals surface area contributed by atoms with Gasteiger partial charge in [-0.1, -0.05) is 90.0 Å². The number of aryl methyl sites for hydroxylation is 2. The molecule has 1 aromatic heterocycles. The number of anilines is 1. The lowest BCUT2D eigenvalue weighted by Crippen LogP contribution is -2.18. The van der Waals surface area contributed by atoms with Crippen LogP contribution in [0.15, 0.2) is 108 Å². The number of ether oxygens (including phenoxy) is 1. The van der Waals surface area contributed by atoms with Crippen molar-refractivity contribution in [1.82, 2.24) is 4.98 Å². The van der Waals surface area contributed by atoms with Gasteiger partial charge in [-0.2, -0.15) is 5.10 Å². The summed E-state index contributed by atoms with van der Waals surface area (Å²) < 4.78 is 5.57. The molecule has 5 aromatic rings. The van der Waals surface area contributed by atoms with Crippen LogP contribution in [0, 0.1) is 6.92 Å². The summed E-state index contributed by atoms with van der Waals surface area (Å²) in [7, 11) is 0. The molecule has 41 heavy (non-hydrogen) atoms. The van der Waals surface area contributed by atoms with Crippen LogP contribution in [0.2, 0.25) is 5.02 Å². The van der Waals surface area contributed by atoms with Crippen molar-refractivity contribution in [3.05, 3.63) is 135 Å². The number of esters is 1. The molecule has 0 saturated carbocycles. The number of thiazole rings is 1. The second kappa shape index (κ2) is 11.7. The van der Waals surface area contributed by atoms with Crippen LogP contribution in [0.4, 0.5) is 5.13 Å². The third kappa shape index (κ3) is 5.80. The van der Waals surface area contributed by atoms with Gasteiger partial charge in [0.2, 0.25) is 5.13 Å². The second-order valence-electron chi connectivity index (χ2n) is 9.93. The molecule has 6 rings (SSSR count). The van der Waals surface area contributed by atoms with Crippen molar-refractivity contribution >= 4 is 39.8 Å². The standard InChI is InChI=1S/C34H28ClN3O2S/c1-3-31-32(25-15-19-28(20-16-25)40-33(39)26-7-5-4-6-8-26)36-34(41-31)38-30(24-13-17-27(35)18-14-24)21-29(37-38)23-11-9-22(2)10-12-23/h4-20,30H,3,21H2,1-2H3. The van der Waals surface area contributed by atoms with Crippen molar-refractivity contribution in [1.29, 1.82) is 0 Å². The quantitative estimate of drug-likeness (QED) is 0.143. The number of halogens is 1. The van der Waals surface area contributed by atoms with Gasteiger partial charge in [-0.05, 0) is 73.0 Å². The smallest absolute Gasteiger partial charge is 0.343 e. The van der Waals surface area contributed by atoms with Crippen molar-refractivity contribution < 1.29 is 9.53 Å². The maximum absolute atomic E-state index is 12.5. The Balaban J connectivity index is 1.31. The summed E-state index contributed by atoms with van der Waals surface area (Å²) in [5, 5.41) is 8.72. The lowest BCUT2D eigenvalue weighted by Gasteiger charge is -2.21. The predicted molar refractivity (Wildman–Crippen MR) is 167 cm³/mol. The number of hydrazone groups is 1. The minimum absolute atomic E-state index is 0.00653. The van der Waals surface area contributed by atoms with Gasteiger partial charge in [-0.25, -0.2) is 14.8 Å². The molecule has 0 N–H and O–H groups in total. The number of hydrogen-bond donors (Lipinski definition) is 0. The lowest BCUT2D eigenvalue weighted by molar-refractivity contribution is 0.0735. The summed E-state index contributed by atoms with van der Waals surface area (Å²) >= 11 is 7.87. The van der Waals surface area contributed by atoms with E-state index in [1.54, 1.807) is 23.5 Å². The molecule has 1 unspecified atom stereocenters. The normalized spacial score (nSPS) is 14.7. The summed E-state index contributed by atoms with van der Waals surface area (Å²) in [4.78, 5) is 18.8. The zero-order chi connectivity index (χ0) is 28.3. The molecule has 1 atom stereocenters. The topological polar surface area (TPSA) is 54.8 Å². The van der Waals surface area contributed by atoms with E-state index >= 15 is 0 Å². The minimum atomic E-state index is -0.381. The molecule has 7 heteroatoms. The lowest BCUT2D eigenvalue weighted by atomic mass is 9.98. The highest BCUT2D eigenvalue weighted by molar-refractivity contribution is 7.16. The van der Waals surface area contributed by atoms with Gasteiger partial charge >= 0.3 is 5.97 Å². The number of nitrogens with zero attached hydrogens (tertiary/aromatic N) is 3. The van der Waals surface area contributed by atoms with Crippen molar-refractivity contribution in [2.24, 2.45) is 5.10 Å². The van der Waals surface area contributed by atoms with Gasteiger partial charge in [0, 0.05) is 21.9 Å². The van der Waals surface area contributed by atoms with Crippen LogP contribution in [0.3, 0.4) is 0 Å².